The van der Waals surface area contributed by atoms with Crippen LogP contribution < -0.4 is 5.73 Å². The predicted molar refractivity (Wildman–Crippen MR) is 107 cm³/mol. The second-order valence-corrected chi connectivity index (χ2v) is 7.34. The molecule has 7 heteroatoms. The summed E-state index contributed by atoms with van der Waals surface area (Å²) in [5.41, 5.74) is 8.80. The lowest BCUT2D eigenvalue weighted by atomic mass is 10.1. The molecule has 2 heterocycles. The molecule has 0 spiro atoms. The summed E-state index contributed by atoms with van der Waals surface area (Å²) in [5.74, 6) is -0.605. The number of aromatic nitrogens is 2. The Labute approximate surface area is 167 Å². The van der Waals surface area contributed by atoms with Crippen LogP contribution in [0.15, 0.2) is 54.7 Å². The van der Waals surface area contributed by atoms with Crippen LogP contribution in [0, 0.1) is 5.82 Å². The Bertz CT molecular complexity index is 1000. The zero-order chi connectivity index (χ0) is 19.7. The first kappa shape index (κ1) is 18.7. The van der Waals surface area contributed by atoms with E-state index in [4.69, 9.17) is 22.4 Å². The molecular formula is C21H20ClFN4O. The van der Waals surface area contributed by atoms with Crippen LogP contribution in [0.25, 0.3) is 16.9 Å². The van der Waals surface area contributed by atoms with E-state index in [0.29, 0.717) is 11.6 Å². The van der Waals surface area contributed by atoms with Gasteiger partial charge >= 0.3 is 0 Å². The fourth-order valence-electron chi connectivity index (χ4n) is 3.69. The molecule has 1 amide bonds. The van der Waals surface area contributed by atoms with Crippen molar-refractivity contribution < 1.29 is 9.18 Å². The molecule has 28 heavy (non-hydrogen) atoms. The Balaban J connectivity index is 1.76. The standard InChI is InChI=1S/C21H20ClFN4O/c22-18-5-2-1-4-17(18)20-14(12-26-11-3-6-19(26)21(24)28)13-27(25-20)16-9-7-15(23)8-10-16/h1-2,4-5,7-10,13,19H,3,6,11-12H2,(H2,24,28). The molecule has 5 nitrogen and oxygen atoms in total. The lowest BCUT2D eigenvalue weighted by Crippen LogP contribution is -2.39. The van der Waals surface area contributed by atoms with Crippen LogP contribution in [0.3, 0.4) is 0 Å². The number of benzene rings is 2. The maximum atomic E-state index is 13.3. The number of hydrogen-bond donors (Lipinski definition) is 1. The number of nitrogens with two attached hydrogens (primary N) is 1. The maximum absolute atomic E-state index is 13.3. The summed E-state index contributed by atoms with van der Waals surface area (Å²) in [5, 5.41) is 5.32. The molecule has 1 fully saturated rings. The van der Waals surface area contributed by atoms with Gasteiger partial charge in [0.15, 0.2) is 0 Å². The lowest BCUT2D eigenvalue weighted by Gasteiger charge is -2.21. The monoisotopic (exact) mass is 398 g/mol. The van der Waals surface area contributed by atoms with Crippen LogP contribution in [0.5, 0.6) is 0 Å². The number of carbonyl (C=O) groups is 1. The van der Waals surface area contributed by atoms with Crippen LogP contribution in [-0.4, -0.2) is 33.2 Å². The summed E-state index contributed by atoms with van der Waals surface area (Å²) in [6.45, 7) is 1.34. The minimum absolute atomic E-state index is 0.270. The van der Waals surface area contributed by atoms with Crippen molar-refractivity contribution in [2.75, 3.05) is 6.54 Å². The fraction of sp³-hybridized carbons (Fsp3) is 0.238. The van der Waals surface area contributed by atoms with Gasteiger partial charge in [0.1, 0.15) is 5.82 Å². The Kier molecular flexibility index (Phi) is 5.15. The van der Waals surface area contributed by atoms with E-state index >= 15 is 0 Å². The van der Waals surface area contributed by atoms with Gasteiger partial charge in [-0.2, -0.15) is 5.10 Å². The highest BCUT2D eigenvalue weighted by atomic mass is 35.5. The van der Waals surface area contributed by atoms with Crippen LogP contribution in [0.1, 0.15) is 18.4 Å². The van der Waals surface area contributed by atoms with Gasteiger partial charge in [0.2, 0.25) is 5.91 Å². The molecule has 4 rings (SSSR count). The first-order valence-corrected chi connectivity index (χ1v) is 9.53. The zero-order valence-corrected chi connectivity index (χ0v) is 15.9. The van der Waals surface area contributed by atoms with Crippen molar-refractivity contribution in [3.8, 4) is 16.9 Å². The van der Waals surface area contributed by atoms with Gasteiger partial charge < -0.3 is 5.73 Å². The Hall–Kier alpha value is -2.70. The van der Waals surface area contributed by atoms with E-state index in [0.717, 1.165) is 41.9 Å². The number of likely N-dealkylation sites (tertiary alicyclic amines) is 1. The van der Waals surface area contributed by atoms with Gasteiger partial charge in [-0.3, -0.25) is 9.69 Å². The molecule has 2 N–H and O–H groups in total. The van der Waals surface area contributed by atoms with Gasteiger partial charge in [0.25, 0.3) is 0 Å². The normalized spacial score (nSPS) is 17.1. The minimum atomic E-state index is -0.303. The Morgan fingerprint density at radius 1 is 1.21 bits per heavy atom. The van der Waals surface area contributed by atoms with Gasteiger partial charge in [0.05, 0.1) is 22.4 Å². The Morgan fingerprint density at radius 3 is 2.68 bits per heavy atom. The van der Waals surface area contributed by atoms with E-state index in [1.165, 1.54) is 12.1 Å². The predicted octanol–water partition coefficient (Wildman–Crippen LogP) is 3.78. The van der Waals surface area contributed by atoms with Crippen molar-refractivity contribution in [1.29, 1.82) is 0 Å². The summed E-state index contributed by atoms with van der Waals surface area (Å²) in [7, 11) is 0. The van der Waals surface area contributed by atoms with Gasteiger partial charge in [-0.15, -0.1) is 0 Å². The third-order valence-electron chi connectivity index (χ3n) is 5.08. The lowest BCUT2D eigenvalue weighted by molar-refractivity contribution is -0.122. The second-order valence-electron chi connectivity index (χ2n) is 6.93. The van der Waals surface area contributed by atoms with Crippen molar-refractivity contribution in [3.63, 3.8) is 0 Å². The number of primary amides is 1. The van der Waals surface area contributed by atoms with E-state index in [1.807, 2.05) is 30.5 Å². The van der Waals surface area contributed by atoms with Crippen LogP contribution in [0.2, 0.25) is 5.02 Å². The van der Waals surface area contributed by atoms with E-state index < -0.39 is 0 Å². The third-order valence-corrected chi connectivity index (χ3v) is 5.41. The number of rotatable bonds is 5. The second kappa shape index (κ2) is 7.73. The molecule has 1 atom stereocenters. The summed E-state index contributed by atoms with van der Waals surface area (Å²) < 4.78 is 15.0. The number of carbonyl (C=O) groups excluding carboxylic acids is 1. The van der Waals surface area contributed by atoms with E-state index in [-0.39, 0.29) is 17.8 Å². The molecule has 1 saturated heterocycles. The van der Waals surface area contributed by atoms with Crippen molar-refractivity contribution in [2.45, 2.75) is 25.4 Å². The van der Waals surface area contributed by atoms with Gasteiger partial charge in [0, 0.05) is 23.9 Å². The number of halogens is 2. The van der Waals surface area contributed by atoms with Gasteiger partial charge in [-0.25, -0.2) is 9.07 Å². The summed E-state index contributed by atoms with van der Waals surface area (Å²) in [6.07, 6.45) is 3.60. The molecule has 0 radical (unpaired) electrons. The minimum Gasteiger partial charge on any atom is -0.368 e. The highest BCUT2D eigenvalue weighted by Crippen LogP contribution is 2.32. The quantitative estimate of drug-likeness (QED) is 0.711. The largest absolute Gasteiger partial charge is 0.368 e. The average Bonchev–Trinajstić information content (AvgIpc) is 3.30. The molecule has 0 saturated carbocycles. The van der Waals surface area contributed by atoms with Crippen molar-refractivity contribution >= 4 is 17.5 Å². The maximum Gasteiger partial charge on any atom is 0.234 e. The van der Waals surface area contributed by atoms with Crippen molar-refractivity contribution in [1.82, 2.24) is 14.7 Å². The summed E-state index contributed by atoms with van der Waals surface area (Å²) in [4.78, 5) is 13.9. The highest BCUT2D eigenvalue weighted by molar-refractivity contribution is 6.33. The number of hydrogen-bond acceptors (Lipinski definition) is 3. The summed E-state index contributed by atoms with van der Waals surface area (Å²) in [6, 6.07) is 13.4. The van der Waals surface area contributed by atoms with E-state index in [2.05, 4.69) is 4.90 Å². The van der Waals surface area contributed by atoms with E-state index in [1.54, 1.807) is 16.8 Å². The van der Waals surface area contributed by atoms with Crippen LogP contribution in [0.4, 0.5) is 4.39 Å². The van der Waals surface area contributed by atoms with Crippen LogP contribution >= 0.6 is 11.6 Å². The molecule has 1 unspecified atom stereocenters. The first-order valence-electron chi connectivity index (χ1n) is 9.15. The molecular weight excluding hydrogens is 379 g/mol. The molecule has 1 aliphatic rings. The van der Waals surface area contributed by atoms with Gasteiger partial charge in [-0.05, 0) is 49.7 Å². The molecule has 0 bridgehead atoms. The van der Waals surface area contributed by atoms with Crippen molar-refractivity contribution in [2.24, 2.45) is 5.73 Å². The van der Waals surface area contributed by atoms with Crippen LogP contribution in [-0.2, 0) is 11.3 Å². The summed E-state index contributed by atoms with van der Waals surface area (Å²) >= 11 is 6.42. The zero-order valence-electron chi connectivity index (χ0n) is 15.2. The van der Waals surface area contributed by atoms with E-state index in [9.17, 15) is 9.18 Å². The number of nitrogens with zero attached hydrogens (tertiary/aromatic N) is 3. The molecule has 3 aromatic rings. The molecule has 1 aliphatic heterocycles. The highest BCUT2D eigenvalue weighted by Gasteiger charge is 2.30. The molecule has 0 aliphatic carbocycles. The molecule has 2 aromatic carbocycles. The first-order chi connectivity index (χ1) is 13.5. The third kappa shape index (κ3) is 3.66. The van der Waals surface area contributed by atoms with Crippen molar-refractivity contribution in [3.05, 3.63) is 71.1 Å². The smallest absolute Gasteiger partial charge is 0.234 e. The number of amides is 1. The molecule has 1 aromatic heterocycles. The fourth-order valence-corrected chi connectivity index (χ4v) is 3.91. The molecule has 144 valence electrons. The van der Waals surface area contributed by atoms with Gasteiger partial charge in [-0.1, -0.05) is 29.8 Å². The average molecular weight is 399 g/mol. The topological polar surface area (TPSA) is 64.2 Å². The SMILES string of the molecule is NC(=O)C1CCCN1Cc1cn(-c2ccc(F)cc2)nc1-c1ccccc1Cl. The Morgan fingerprint density at radius 2 is 1.96 bits per heavy atom.